The Morgan fingerprint density at radius 1 is 0.925 bits per heavy atom. The molecule has 1 N–H and O–H groups in total. The van der Waals surface area contributed by atoms with E-state index < -0.39 is 12.1 Å². The molecule has 2 heterocycles. The average Bonchev–Trinajstić information content (AvgIpc) is 3.35. The molecule has 0 radical (unpaired) electrons. The minimum atomic E-state index is -5.08. The second kappa shape index (κ2) is 12.5. The summed E-state index contributed by atoms with van der Waals surface area (Å²) >= 11 is 0. The van der Waals surface area contributed by atoms with Crippen LogP contribution >= 0.6 is 0 Å². The normalized spacial score (nSPS) is 15.2. The van der Waals surface area contributed by atoms with Crippen LogP contribution in [0.4, 0.5) is 17.6 Å². The number of aryl methyl sites for hydroxylation is 1. The minimum Gasteiger partial charge on any atom is -0.475 e. The third-order valence-electron chi connectivity index (χ3n) is 7.35. The van der Waals surface area contributed by atoms with Crippen molar-refractivity contribution in [3.63, 3.8) is 0 Å². The van der Waals surface area contributed by atoms with E-state index in [-0.39, 0.29) is 11.2 Å². The van der Waals surface area contributed by atoms with E-state index in [0.29, 0.717) is 0 Å². The van der Waals surface area contributed by atoms with Gasteiger partial charge in [0.25, 0.3) is 0 Å². The number of nitrogens with zero attached hydrogens (tertiary/aromatic N) is 3. The van der Waals surface area contributed by atoms with Gasteiger partial charge in [0.15, 0.2) is 0 Å². The minimum absolute atomic E-state index is 0.0788. The molecule has 1 fully saturated rings. The van der Waals surface area contributed by atoms with E-state index in [9.17, 15) is 17.6 Å². The van der Waals surface area contributed by atoms with Crippen LogP contribution < -0.4 is 0 Å². The number of aromatic nitrogens is 2. The molecule has 4 aromatic rings. The van der Waals surface area contributed by atoms with Crippen LogP contribution in [0, 0.1) is 5.82 Å². The first-order valence-electron chi connectivity index (χ1n) is 13.0. The molecule has 1 saturated heterocycles. The fourth-order valence-corrected chi connectivity index (χ4v) is 5.22. The summed E-state index contributed by atoms with van der Waals surface area (Å²) in [6.07, 6.45) is -1.90. The Kier molecular flexibility index (Phi) is 9.04. The Bertz CT molecular complexity index is 1380. The highest BCUT2D eigenvalue weighted by Gasteiger charge is 2.40. The Morgan fingerprint density at radius 3 is 2.02 bits per heavy atom. The van der Waals surface area contributed by atoms with Crippen LogP contribution in [0.2, 0.25) is 0 Å². The van der Waals surface area contributed by atoms with Crippen molar-refractivity contribution in [2.45, 2.75) is 30.9 Å². The van der Waals surface area contributed by atoms with Gasteiger partial charge in [0.1, 0.15) is 5.82 Å². The van der Waals surface area contributed by atoms with Crippen LogP contribution in [0.25, 0.3) is 11.3 Å². The van der Waals surface area contributed by atoms with Crippen LogP contribution in [-0.4, -0.2) is 51.6 Å². The fourth-order valence-electron chi connectivity index (χ4n) is 5.22. The molecule has 0 spiro atoms. The number of carboxylic acid groups (broad SMARTS) is 1. The molecule has 0 unspecified atom stereocenters. The van der Waals surface area contributed by atoms with E-state index in [2.05, 4.69) is 71.6 Å². The maximum Gasteiger partial charge on any atom is 0.490 e. The first-order chi connectivity index (χ1) is 19.1. The van der Waals surface area contributed by atoms with E-state index in [1.807, 2.05) is 23.9 Å². The summed E-state index contributed by atoms with van der Waals surface area (Å²) in [6.45, 7) is 3.19. The number of hydrogen-bond acceptors (Lipinski definition) is 3. The van der Waals surface area contributed by atoms with Gasteiger partial charge in [-0.15, -0.1) is 0 Å². The molecule has 1 aromatic heterocycles. The van der Waals surface area contributed by atoms with E-state index in [4.69, 9.17) is 15.0 Å². The van der Waals surface area contributed by atoms with Gasteiger partial charge in [-0.2, -0.15) is 18.3 Å². The van der Waals surface area contributed by atoms with Crippen molar-refractivity contribution >= 4 is 5.97 Å². The van der Waals surface area contributed by atoms with Crippen LogP contribution in [0.3, 0.4) is 0 Å². The van der Waals surface area contributed by atoms with Gasteiger partial charge in [-0.1, -0.05) is 60.7 Å². The van der Waals surface area contributed by atoms with Gasteiger partial charge in [-0.05, 0) is 73.8 Å². The van der Waals surface area contributed by atoms with E-state index >= 15 is 0 Å². The largest absolute Gasteiger partial charge is 0.490 e. The van der Waals surface area contributed by atoms with Crippen LogP contribution in [0.1, 0.15) is 29.7 Å². The highest BCUT2D eigenvalue weighted by molar-refractivity contribution is 5.73. The van der Waals surface area contributed by atoms with Crippen molar-refractivity contribution < 1.29 is 27.5 Å². The first kappa shape index (κ1) is 29.0. The summed E-state index contributed by atoms with van der Waals surface area (Å²) in [7, 11) is 2.04. The average molecular weight is 554 g/mol. The number of aliphatic carboxylic acids is 1. The molecule has 9 heteroatoms. The molecule has 1 aliphatic heterocycles. The summed E-state index contributed by atoms with van der Waals surface area (Å²) in [4.78, 5) is 11.5. The number of benzene rings is 3. The number of likely N-dealkylation sites (tertiary alicyclic amines) is 1. The maximum atomic E-state index is 13.4. The molecule has 5 rings (SSSR count). The van der Waals surface area contributed by atoms with Gasteiger partial charge in [0, 0.05) is 30.3 Å². The molecular formula is C31H31F4N3O2. The van der Waals surface area contributed by atoms with E-state index in [0.717, 1.165) is 50.2 Å². The first-order valence-corrected chi connectivity index (χ1v) is 13.0. The molecule has 0 bridgehead atoms. The molecule has 5 nitrogen and oxygen atoms in total. The summed E-state index contributed by atoms with van der Waals surface area (Å²) < 4.78 is 47.2. The predicted molar refractivity (Wildman–Crippen MR) is 145 cm³/mol. The van der Waals surface area contributed by atoms with Gasteiger partial charge in [0.05, 0.1) is 5.69 Å². The summed E-state index contributed by atoms with van der Waals surface area (Å²) in [5.41, 5.74) is 5.74. The lowest BCUT2D eigenvalue weighted by Gasteiger charge is -2.42. The van der Waals surface area contributed by atoms with E-state index in [1.165, 1.54) is 29.0 Å². The summed E-state index contributed by atoms with van der Waals surface area (Å²) in [5.74, 6) is -2.98. The number of alkyl halides is 3. The summed E-state index contributed by atoms with van der Waals surface area (Å²) in [5, 5.41) is 12.0. The number of carbonyl (C=O) groups is 1. The molecule has 0 amide bonds. The molecule has 3 aromatic carbocycles. The zero-order chi connectivity index (χ0) is 28.8. The molecule has 0 atom stereocenters. The van der Waals surface area contributed by atoms with Crippen molar-refractivity contribution in [3.8, 4) is 11.3 Å². The number of rotatable bonds is 6. The van der Waals surface area contributed by atoms with Crippen molar-refractivity contribution in [3.05, 3.63) is 114 Å². The van der Waals surface area contributed by atoms with E-state index in [1.54, 1.807) is 0 Å². The maximum absolute atomic E-state index is 13.4. The second-order valence-corrected chi connectivity index (χ2v) is 9.87. The topological polar surface area (TPSA) is 58.4 Å². The van der Waals surface area contributed by atoms with Gasteiger partial charge >= 0.3 is 12.1 Å². The summed E-state index contributed by atoms with van der Waals surface area (Å²) in [6, 6.07) is 30.4. The predicted octanol–water partition coefficient (Wildman–Crippen LogP) is 6.48. The third-order valence-corrected chi connectivity index (χ3v) is 7.35. The Labute approximate surface area is 230 Å². The van der Waals surface area contributed by atoms with Gasteiger partial charge in [0.2, 0.25) is 0 Å². The highest BCUT2D eigenvalue weighted by Crippen LogP contribution is 2.42. The number of halogens is 4. The molecular weight excluding hydrogens is 522 g/mol. The highest BCUT2D eigenvalue weighted by atomic mass is 19.4. The van der Waals surface area contributed by atoms with Crippen LogP contribution in [0.5, 0.6) is 0 Å². The zero-order valence-electron chi connectivity index (χ0n) is 22.1. The van der Waals surface area contributed by atoms with Gasteiger partial charge in [-0.3, -0.25) is 4.68 Å². The number of carboxylic acids is 1. The van der Waals surface area contributed by atoms with Crippen LogP contribution in [0.15, 0.2) is 91.0 Å². The Morgan fingerprint density at radius 2 is 1.48 bits per heavy atom. The van der Waals surface area contributed by atoms with Crippen molar-refractivity contribution in [2.24, 2.45) is 7.05 Å². The fraction of sp³-hybridized carbons (Fsp3) is 0.290. The molecule has 0 aliphatic carbocycles. The van der Waals surface area contributed by atoms with Gasteiger partial charge < -0.3 is 10.0 Å². The Balaban J connectivity index is 0.000000470. The lowest BCUT2D eigenvalue weighted by Crippen LogP contribution is -2.44. The molecule has 210 valence electrons. The second-order valence-electron chi connectivity index (χ2n) is 9.87. The number of hydrogen-bond donors (Lipinski definition) is 1. The SMILES string of the molecule is Cn1nc(-c2ccc(F)cc2)cc1C1(c2ccccc2)CCN(CCc2ccccc2)CC1.O=C(O)C(F)(F)F. The molecule has 40 heavy (non-hydrogen) atoms. The standard InChI is InChI=1S/C29H30FN3.C2HF3O2/c1-32-28(22-27(31-32)24-12-14-26(30)15-13-24)29(25-10-6-3-7-11-25)17-20-33(21-18-29)19-16-23-8-4-2-5-9-23;3-2(4,5)1(6)7/h2-15,22H,16-21H2,1H3;(H,6,7). The third kappa shape index (κ3) is 6.96. The smallest absolute Gasteiger partial charge is 0.475 e. The molecule has 1 aliphatic rings. The van der Waals surface area contributed by atoms with Crippen molar-refractivity contribution in [1.29, 1.82) is 0 Å². The Hall–Kier alpha value is -3.98. The quantitative estimate of drug-likeness (QED) is 0.278. The van der Waals surface area contributed by atoms with Crippen LogP contribution in [-0.2, 0) is 23.7 Å². The molecule has 0 saturated carbocycles. The van der Waals surface area contributed by atoms with Crippen molar-refractivity contribution in [2.75, 3.05) is 19.6 Å². The lowest BCUT2D eigenvalue weighted by atomic mass is 9.70. The number of piperidine rings is 1. The van der Waals surface area contributed by atoms with Gasteiger partial charge in [-0.25, -0.2) is 9.18 Å². The van der Waals surface area contributed by atoms with Crippen molar-refractivity contribution in [1.82, 2.24) is 14.7 Å². The lowest BCUT2D eigenvalue weighted by molar-refractivity contribution is -0.192. The monoisotopic (exact) mass is 553 g/mol. The zero-order valence-corrected chi connectivity index (χ0v) is 22.1.